The quantitative estimate of drug-likeness (QED) is 0.0850. The topological polar surface area (TPSA) is 172 Å². The number of piperidine rings is 1. The second-order valence-corrected chi connectivity index (χ2v) is 22.9. The normalized spacial score (nSPS) is 22.0. The van der Waals surface area contributed by atoms with Gasteiger partial charge in [0.05, 0.1) is 32.6 Å². The van der Waals surface area contributed by atoms with Gasteiger partial charge in [-0.05, 0) is 123 Å². The molecule has 5 aromatic rings. The number of nitro groups is 1. The van der Waals surface area contributed by atoms with Gasteiger partial charge in [0.25, 0.3) is 21.6 Å². The molecule has 2 atom stereocenters. The molecule has 5 aliphatic rings. The van der Waals surface area contributed by atoms with Gasteiger partial charge in [0.2, 0.25) is 0 Å². The number of nitrogens with one attached hydrogen (secondary N) is 3. The maximum atomic E-state index is 14.2. The average Bonchev–Trinajstić information content (AvgIpc) is 3.94. The molecule has 2 aromatic heterocycles. The Bertz CT molecular complexity index is 2820. The molecule has 0 unspecified atom stereocenters. The highest BCUT2D eigenvalue weighted by Gasteiger charge is 2.50. The van der Waals surface area contributed by atoms with E-state index in [1.165, 1.54) is 49.1 Å². The molecule has 67 heavy (non-hydrogen) atoms. The lowest BCUT2D eigenvalue weighted by atomic mass is 9.59. The Hall–Kier alpha value is -5.38. The zero-order chi connectivity index (χ0) is 46.8. The van der Waals surface area contributed by atoms with Crippen molar-refractivity contribution in [2.24, 2.45) is 16.7 Å². The average molecular weight is 951 g/mol. The Balaban J connectivity index is 0.863. The standard InChI is InChI=1S/C51H60ClN7O7S/c1-31(2)37-8-5-6-9-38(37)43-10-7-19-58(43)34-26-51(27-34)17-20-57(21-18-51)33-11-12-39(45(22-33)66-35-23-40-41(52)29-54-48(40)53-28-35)49(60)56-67(63,64)36-24-44(59(61)62)47-46(25-36)65-30-42(55-47)32-13-15-50(3,4)16-14-32/h5-6,8-9,11-12,22-25,28-29,31-32,34,42-43,55H,7,10,13-21,26-27,30H2,1-4H3,(H,53,54)(H,56,60)/t42-,43+/m1/s1. The predicted octanol–water partition coefficient (Wildman–Crippen LogP) is 11.1. The monoisotopic (exact) mass is 949 g/mol. The van der Waals surface area contributed by atoms with E-state index >= 15 is 0 Å². The van der Waals surface area contributed by atoms with Crippen molar-refractivity contribution in [2.45, 2.75) is 121 Å². The molecule has 5 heterocycles. The number of halogens is 1. The fraction of sp³-hybridized carbons (Fsp3) is 0.490. The van der Waals surface area contributed by atoms with Crippen LogP contribution in [-0.4, -0.2) is 72.4 Å². The van der Waals surface area contributed by atoms with Crippen LogP contribution in [0.2, 0.25) is 5.02 Å². The smallest absolute Gasteiger partial charge is 0.297 e. The first-order chi connectivity index (χ1) is 32.1. The second kappa shape index (κ2) is 17.6. The Labute approximate surface area is 397 Å². The van der Waals surface area contributed by atoms with Crippen LogP contribution in [-0.2, 0) is 10.0 Å². The number of ether oxygens (including phenoxy) is 2. The van der Waals surface area contributed by atoms with Gasteiger partial charge in [-0.3, -0.25) is 19.8 Å². The number of anilines is 2. The lowest BCUT2D eigenvalue weighted by molar-refractivity contribution is -0.384. The highest BCUT2D eigenvalue weighted by atomic mass is 35.5. The van der Waals surface area contributed by atoms with Gasteiger partial charge in [-0.25, -0.2) is 18.1 Å². The summed E-state index contributed by atoms with van der Waals surface area (Å²) in [5.74, 6) is 0.236. The molecule has 0 radical (unpaired) electrons. The van der Waals surface area contributed by atoms with Gasteiger partial charge in [0.1, 0.15) is 23.8 Å². The first kappa shape index (κ1) is 45.4. The fourth-order valence-electron chi connectivity index (χ4n) is 11.7. The third kappa shape index (κ3) is 8.94. The van der Waals surface area contributed by atoms with Crippen molar-refractivity contribution < 1.29 is 27.6 Å². The van der Waals surface area contributed by atoms with Gasteiger partial charge in [-0.2, -0.15) is 0 Å². The Kier molecular flexibility index (Phi) is 11.9. The minimum atomic E-state index is -4.65. The van der Waals surface area contributed by atoms with E-state index in [9.17, 15) is 23.3 Å². The molecule has 2 saturated heterocycles. The van der Waals surface area contributed by atoms with E-state index in [1.807, 2.05) is 6.07 Å². The lowest BCUT2D eigenvalue weighted by Gasteiger charge is -2.56. The summed E-state index contributed by atoms with van der Waals surface area (Å²) in [5, 5.41) is 16.8. The summed E-state index contributed by atoms with van der Waals surface area (Å²) in [6.45, 7) is 12.1. The van der Waals surface area contributed by atoms with Crippen molar-refractivity contribution in [3.63, 3.8) is 0 Å². The summed E-state index contributed by atoms with van der Waals surface area (Å²) in [6, 6.07) is 18.9. The van der Waals surface area contributed by atoms with Crippen LogP contribution in [0.3, 0.4) is 0 Å². The number of hydrogen-bond donors (Lipinski definition) is 3. The molecule has 14 nitrogen and oxygen atoms in total. The number of rotatable bonds is 11. The highest BCUT2D eigenvalue weighted by molar-refractivity contribution is 7.90. The summed E-state index contributed by atoms with van der Waals surface area (Å²) in [4.78, 5) is 38.0. The first-order valence-corrected chi connectivity index (χ1v) is 25.7. The Morgan fingerprint density at radius 3 is 2.52 bits per heavy atom. The molecule has 3 N–H and O–H groups in total. The highest BCUT2D eigenvalue weighted by Crippen LogP contribution is 2.54. The Morgan fingerprint density at radius 1 is 1.01 bits per heavy atom. The number of likely N-dealkylation sites (tertiary alicyclic amines) is 1. The number of H-pyrrole nitrogens is 1. The van der Waals surface area contributed by atoms with E-state index in [0.717, 1.165) is 69.9 Å². The summed E-state index contributed by atoms with van der Waals surface area (Å²) >= 11 is 6.43. The van der Waals surface area contributed by atoms with E-state index in [-0.39, 0.29) is 52.1 Å². The molecular weight excluding hydrogens is 890 g/mol. The number of nitrogens with zero attached hydrogens (tertiary/aromatic N) is 4. The second-order valence-electron chi connectivity index (χ2n) is 20.8. The number of sulfonamides is 1. The molecule has 16 heteroatoms. The summed E-state index contributed by atoms with van der Waals surface area (Å²) < 4.78 is 42.6. The van der Waals surface area contributed by atoms with Crippen LogP contribution in [0.5, 0.6) is 17.2 Å². The van der Waals surface area contributed by atoms with Crippen molar-refractivity contribution >= 4 is 55.6 Å². The molecule has 4 fully saturated rings. The molecule has 10 rings (SSSR count). The summed E-state index contributed by atoms with van der Waals surface area (Å²) in [7, 11) is -4.65. The molecule has 3 aromatic carbocycles. The van der Waals surface area contributed by atoms with Crippen molar-refractivity contribution in [1.82, 2.24) is 19.6 Å². The zero-order valence-electron chi connectivity index (χ0n) is 38.6. The van der Waals surface area contributed by atoms with Crippen molar-refractivity contribution in [1.29, 1.82) is 0 Å². The summed E-state index contributed by atoms with van der Waals surface area (Å²) in [5.41, 5.74) is 4.53. The maximum Gasteiger partial charge on any atom is 0.297 e. The van der Waals surface area contributed by atoms with E-state index in [0.29, 0.717) is 39.8 Å². The maximum absolute atomic E-state index is 14.2. The molecule has 0 bridgehead atoms. The van der Waals surface area contributed by atoms with Gasteiger partial charge in [-0.15, -0.1) is 0 Å². The van der Waals surface area contributed by atoms with Gasteiger partial charge in [0.15, 0.2) is 11.4 Å². The van der Waals surface area contributed by atoms with E-state index < -0.39 is 31.4 Å². The minimum absolute atomic E-state index is 0.0440. The van der Waals surface area contributed by atoms with Gasteiger partial charge in [0, 0.05) is 60.6 Å². The molecule has 1 spiro atoms. The van der Waals surface area contributed by atoms with Crippen molar-refractivity contribution in [3.05, 3.63) is 105 Å². The number of hydrogen-bond acceptors (Lipinski definition) is 11. The third-order valence-electron chi connectivity index (χ3n) is 15.6. The molecule has 2 saturated carbocycles. The van der Waals surface area contributed by atoms with Gasteiger partial charge < -0.3 is 24.7 Å². The number of amides is 1. The van der Waals surface area contributed by atoms with E-state index in [2.05, 4.69) is 81.8 Å². The molecule has 3 aliphatic heterocycles. The Morgan fingerprint density at radius 2 is 1.78 bits per heavy atom. The van der Waals surface area contributed by atoms with E-state index in [4.69, 9.17) is 21.1 Å². The van der Waals surface area contributed by atoms with Crippen LogP contribution in [0.15, 0.2) is 78.0 Å². The lowest BCUT2D eigenvalue weighted by Crippen LogP contribution is -2.54. The largest absolute Gasteiger partial charge is 0.489 e. The van der Waals surface area contributed by atoms with E-state index in [1.54, 1.807) is 24.4 Å². The van der Waals surface area contributed by atoms with Gasteiger partial charge >= 0.3 is 0 Å². The van der Waals surface area contributed by atoms with Crippen LogP contribution in [0.4, 0.5) is 17.1 Å². The van der Waals surface area contributed by atoms with Crippen LogP contribution >= 0.6 is 11.6 Å². The minimum Gasteiger partial charge on any atom is -0.489 e. The number of benzene rings is 3. The summed E-state index contributed by atoms with van der Waals surface area (Å²) in [6.07, 6.45) is 14.0. The number of pyridine rings is 1. The van der Waals surface area contributed by atoms with Crippen molar-refractivity contribution in [3.8, 4) is 17.2 Å². The first-order valence-electron chi connectivity index (χ1n) is 23.9. The zero-order valence-corrected chi connectivity index (χ0v) is 40.2. The van der Waals surface area contributed by atoms with Crippen LogP contribution in [0, 0.1) is 26.9 Å². The number of carbonyl (C=O) groups excluding carboxylic acids is 1. The van der Waals surface area contributed by atoms with Crippen LogP contribution in [0.25, 0.3) is 11.0 Å². The SMILES string of the molecule is CC(C)c1ccccc1[C@@H]1CCCN1C1CC2(CCN(c3ccc(C(=O)NS(=O)(=O)c4cc5c(c([N+](=O)[O-])c4)N[C@@H](C4CCC(C)(C)CC4)CO5)c(Oc4cnc5[nH]cc(Cl)c5c4)c3)CC2)C1. The fourth-order valence-corrected chi connectivity index (χ4v) is 12.9. The number of carbonyl (C=O) groups is 1. The van der Waals surface area contributed by atoms with Crippen LogP contribution < -0.4 is 24.4 Å². The molecule has 354 valence electrons. The number of fused-ring (bicyclic) bond motifs is 2. The van der Waals surface area contributed by atoms with Gasteiger partial charge in [-0.1, -0.05) is 63.6 Å². The number of nitro benzene ring substituents is 1. The number of aromatic nitrogens is 2. The predicted molar refractivity (Wildman–Crippen MR) is 260 cm³/mol. The van der Waals surface area contributed by atoms with Crippen LogP contribution in [0.1, 0.15) is 125 Å². The number of aromatic amines is 1. The molecule has 2 aliphatic carbocycles. The molecule has 1 amide bonds. The third-order valence-corrected chi connectivity index (χ3v) is 17.3. The molecular formula is C51H60ClN7O7S. The van der Waals surface area contributed by atoms with Crippen molar-refractivity contribution in [2.75, 3.05) is 36.5 Å².